The number of nitrogens with zero attached hydrogens (tertiary/aromatic N) is 4. The Morgan fingerprint density at radius 2 is 1.97 bits per heavy atom. The van der Waals surface area contributed by atoms with E-state index in [0.717, 1.165) is 22.6 Å². The minimum atomic E-state index is -0.308. The minimum absolute atomic E-state index is 0.115. The van der Waals surface area contributed by atoms with Crippen LogP contribution in [0.4, 0.5) is 0 Å². The molecule has 31 heavy (non-hydrogen) atoms. The maximum absolute atomic E-state index is 9.92. The Morgan fingerprint density at radius 1 is 1.06 bits per heavy atom. The first-order valence-electron chi connectivity index (χ1n) is 9.72. The van der Waals surface area contributed by atoms with E-state index in [9.17, 15) is 5.11 Å². The summed E-state index contributed by atoms with van der Waals surface area (Å²) in [6, 6.07) is 18.3. The summed E-state index contributed by atoms with van der Waals surface area (Å²) in [6.07, 6.45) is 3.18. The molecule has 5 aromatic rings. The second kappa shape index (κ2) is 6.88. The molecular formula is C23H16N4O4. The van der Waals surface area contributed by atoms with Gasteiger partial charge in [-0.2, -0.15) is 0 Å². The third-order valence-corrected chi connectivity index (χ3v) is 5.17. The third-order valence-electron chi connectivity index (χ3n) is 5.17. The monoisotopic (exact) mass is 412 g/mol. The highest BCUT2D eigenvalue weighted by atomic mass is 16.5. The van der Waals surface area contributed by atoms with Crippen LogP contribution < -0.4 is 9.47 Å². The van der Waals surface area contributed by atoms with Crippen LogP contribution in [-0.2, 0) is 6.61 Å². The Labute approximate surface area is 176 Å². The SMILES string of the molecule is Oc1ccc2c(c1)Oc1ncn3nc(COc4ccccc4)nc3c1[C@H]2c1ccco1. The van der Waals surface area contributed by atoms with Crippen molar-refractivity contribution >= 4 is 5.65 Å². The molecule has 0 aliphatic carbocycles. The summed E-state index contributed by atoms with van der Waals surface area (Å²) in [4.78, 5) is 9.15. The topological polar surface area (TPSA) is 94.9 Å². The molecule has 0 bridgehead atoms. The van der Waals surface area contributed by atoms with Crippen LogP contribution in [0.3, 0.4) is 0 Å². The van der Waals surface area contributed by atoms with Crippen LogP contribution in [0, 0.1) is 0 Å². The van der Waals surface area contributed by atoms with Gasteiger partial charge >= 0.3 is 0 Å². The van der Waals surface area contributed by atoms with Crippen molar-refractivity contribution in [1.82, 2.24) is 19.6 Å². The molecule has 1 aliphatic rings. The van der Waals surface area contributed by atoms with E-state index in [0.29, 0.717) is 23.1 Å². The van der Waals surface area contributed by atoms with Crippen LogP contribution in [-0.4, -0.2) is 24.7 Å². The number of furan rings is 1. The van der Waals surface area contributed by atoms with Crippen LogP contribution in [0.2, 0.25) is 0 Å². The summed E-state index contributed by atoms with van der Waals surface area (Å²) in [5, 5.41) is 14.4. The molecule has 1 aliphatic heterocycles. The van der Waals surface area contributed by atoms with Gasteiger partial charge in [0.25, 0.3) is 0 Å². The maximum Gasteiger partial charge on any atom is 0.228 e. The Morgan fingerprint density at radius 3 is 2.81 bits per heavy atom. The highest BCUT2D eigenvalue weighted by Crippen LogP contribution is 2.48. The predicted octanol–water partition coefficient (Wildman–Crippen LogP) is 4.29. The first-order valence-corrected chi connectivity index (χ1v) is 9.72. The van der Waals surface area contributed by atoms with Crippen molar-refractivity contribution < 1.29 is 19.0 Å². The molecule has 0 saturated heterocycles. The maximum atomic E-state index is 9.92. The highest BCUT2D eigenvalue weighted by Gasteiger charge is 2.35. The molecule has 1 N–H and O–H groups in total. The lowest BCUT2D eigenvalue weighted by molar-refractivity contribution is 0.296. The minimum Gasteiger partial charge on any atom is -0.508 e. The highest BCUT2D eigenvalue weighted by molar-refractivity contribution is 5.65. The zero-order valence-corrected chi connectivity index (χ0v) is 16.2. The van der Waals surface area contributed by atoms with Crippen molar-refractivity contribution in [3.05, 3.63) is 96.0 Å². The second-order valence-electron chi connectivity index (χ2n) is 7.13. The second-order valence-corrected chi connectivity index (χ2v) is 7.13. The molecular weight excluding hydrogens is 396 g/mol. The van der Waals surface area contributed by atoms with Gasteiger partial charge in [-0.3, -0.25) is 0 Å². The number of fused-ring (bicyclic) bond motifs is 4. The average Bonchev–Trinajstić information content (AvgIpc) is 3.46. The summed E-state index contributed by atoms with van der Waals surface area (Å²) >= 11 is 0. The number of hydrogen-bond acceptors (Lipinski definition) is 7. The zero-order chi connectivity index (χ0) is 20.8. The lowest BCUT2D eigenvalue weighted by Gasteiger charge is -2.26. The summed E-state index contributed by atoms with van der Waals surface area (Å²) in [7, 11) is 0. The Bertz CT molecular complexity index is 1380. The molecule has 152 valence electrons. The summed E-state index contributed by atoms with van der Waals surface area (Å²) in [5.41, 5.74) is 2.20. The largest absolute Gasteiger partial charge is 0.508 e. The number of para-hydroxylation sites is 1. The van der Waals surface area contributed by atoms with Crippen molar-refractivity contribution in [3.63, 3.8) is 0 Å². The van der Waals surface area contributed by atoms with Crippen LogP contribution in [0.1, 0.15) is 28.6 Å². The predicted molar refractivity (Wildman–Crippen MR) is 109 cm³/mol. The van der Waals surface area contributed by atoms with E-state index in [1.165, 1.54) is 0 Å². The zero-order valence-electron chi connectivity index (χ0n) is 16.2. The fourth-order valence-electron chi connectivity index (χ4n) is 3.82. The first kappa shape index (κ1) is 17.5. The van der Waals surface area contributed by atoms with Crippen LogP contribution in [0.15, 0.2) is 77.7 Å². The molecule has 0 fully saturated rings. The van der Waals surface area contributed by atoms with Crippen molar-refractivity contribution in [1.29, 1.82) is 0 Å². The Kier molecular flexibility index (Phi) is 3.89. The summed E-state index contributed by atoms with van der Waals surface area (Å²) in [6.45, 7) is 0.219. The molecule has 2 aromatic carbocycles. The smallest absolute Gasteiger partial charge is 0.228 e. The van der Waals surface area contributed by atoms with Crippen molar-refractivity contribution in [2.24, 2.45) is 0 Å². The van der Waals surface area contributed by atoms with Gasteiger partial charge < -0.3 is 19.0 Å². The van der Waals surface area contributed by atoms with E-state index in [1.54, 1.807) is 29.2 Å². The molecule has 6 rings (SSSR count). The Hall–Kier alpha value is -4.33. The van der Waals surface area contributed by atoms with E-state index < -0.39 is 0 Å². The lowest BCUT2D eigenvalue weighted by atomic mass is 9.87. The van der Waals surface area contributed by atoms with Crippen molar-refractivity contribution in [2.75, 3.05) is 0 Å². The molecule has 8 heteroatoms. The van der Waals surface area contributed by atoms with Gasteiger partial charge in [0, 0.05) is 11.6 Å². The Balaban J connectivity index is 1.46. The van der Waals surface area contributed by atoms with Gasteiger partial charge in [0.1, 0.15) is 35.9 Å². The molecule has 0 spiro atoms. The van der Waals surface area contributed by atoms with Gasteiger partial charge in [0.2, 0.25) is 5.88 Å². The molecule has 1 atom stereocenters. The third kappa shape index (κ3) is 2.96. The van der Waals surface area contributed by atoms with Gasteiger partial charge in [0.15, 0.2) is 11.5 Å². The number of rotatable bonds is 4. The van der Waals surface area contributed by atoms with E-state index in [2.05, 4.69) is 10.1 Å². The first-order chi connectivity index (χ1) is 15.3. The number of hydrogen-bond donors (Lipinski definition) is 1. The number of phenolic OH excluding ortho intramolecular Hbond substituents is 1. The number of aromatic hydroxyl groups is 1. The van der Waals surface area contributed by atoms with Crippen molar-refractivity contribution in [3.8, 4) is 23.1 Å². The van der Waals surface area contributed by atoms with Gasteiger partial charge in [0.05, 0.1) is 17.7 Å². The molecule has 0 amide bonds. The standard InChI is InChI=1S/C23H16N4O4/c28-14-8-9-16-18(11-14)31-23-21(20(16)17-7-4-10-29-17)22-25-19(26-27(22)13-24-23)12-30-15-5-2-1-3-6-15/h1-11,13,20,28H,12H2/t20-/m1/s1. The fraction of sp³-hybridized carbons (Fsp3) is 0.0870. The number of aromatic nitrogens is 4. The molecule has 3 aromatic heterocycles. The van der Waals surface area contributed by atoms with E-state index >= 15 is 0 Å². The van der Waals surface area contributed by atoms with E-state index in [4.69, 9.17) is 18.9 Å². The number of phenols is 1. The van der Waals surface area contributed by atoms with Gasteiger partial charge in [-0.1, -0.05) is 24.3 Å². The van der Waals surface area contributed by atoms with Crippen LogP contribution in [0.5, 0.6) is 23.1 Å². The van der Waals surface area contributed by atoms with Gasteiger partial charge in [-0.15, -0.1) is 5.10 Å². The quantitative estimate of drug-likeness (QED) is 0.461. The molecule has 0 saturated carbocycles. The van der Waals surface area contributed by atoms with Gasteiger partial charge in [-0.25, -0.2) is 14.5 Å². The summed E-state index contributed by atoms with van der Waals surface area (Å²) < 4.78 is 19.2. The molecule has 0 radical (unpaired) electrons. The molecule has 8 nitrogen and oxygen atoms in total. The summed E-state index contributed by atoms with van der Waals surface area (Å²) in [5.74, 6) is 2.71. The van der Waals surface area contributed by atoms with E-state index in [-0.39, 0.29) is 18.3 Å². The normalized spacial score (nSPS) is 14.6. The lowest BCUT2D eigenvalue weighted by Crippen LogP contribution is -2.14. The average molecular weight is 412 g/mol. The number of ether oxygens (including phenoxy) is 2. The fourth-order valence-corrected chi connectivity index (χ4v) is 3.82. The molecule has 0 unspecified atom stereocenters. The van der Waals surface area contributed by atoms with Crippen LogP contribution in [0.25, 0.3) is 5.65 Å². The van der Waals surface area contributed by atoms with E-state index in [1.807, 2.05) is 48.5 Å². The van der Waals surface area contributed by atoms with Crippen LogP contribution >= 0.6 is 0 Å². The van der Waals surface area contributed by atoms with Crippen molar-refractivity contribution in [2.45, 2.75) is 12.5 Å². The number of benzene rings is 2. The van der Waals surface area contributed by atoms with Gasteiger partial charge in [-0.05, 0) is 30.3 Å². The molecule has 4 heterocycles.